The van der Waals surface area contributed by atoms with Crippen molar-refractivity contribution >= 4 is 66.4 Å². The fourth-order valence-electron chi connectivity index (χ4n) is 8.53. The molecular weight excluding hydrogens is 702 g/mol. The van der Waals surface area contributed by atoms with Crippen LogP contribution in [-0.2, 0) is 4.57 Å². The van der Waals surface area contributed by atoms with Crippen molar-refractivity contribution in [3.05, 3.63) is 193 Å². The molecule has 0 fully saturated rings. The molecule has 0 bridgehead atoms. The molecular formula is C51H36N3OP. The summed E-state index contributed by atoms with van der Waals surface area (Å²) >= 11 is 0. The van der Waals surface area contributed by atoms with Crippen LogP contribution in [0.15, 0.2) is 182 Å². The smallest absolute Gasteiger partial charge is 0.171 e. The van der Waals surface area contributed by atoms with Crippen molar-refractivity contribution in [2.75, 3.05) is 0 Å². The second-order valence-electron chi connectivity index (χ2n) is 14.4. The Balaban J connectivity index is 1.34. The van der Waals surface area contributed by atoms with Crippen molar-refractivity contribution in [1.82, 2.24) is 15.0 Å². The number of benzene rings is 7. The minimum Gasteiger partial charge on any atom is -0.309 e. The Hall–Kier alpha value is -6.74. The lowest BCUT2D eigenvalue weighted by molar-refractivity contribution is 0.592. The highest BCUT2D eigenvalue weighted by molar-refractivity contribution is 7.85. The van der Waals surface area contributed by atoms with Gasteiger partial charge in [-0.25, -0.2) is 9.97 Å². The quantitative estimate of drug-likeness (QED) is 0.0969. The SMILES string of the molecule is Cc1c2c(-c3ccccc3)nc3cc(P(=O)(c4ccccc4)c4ccccc4)ccc3c2c(C)c2c(-c3ccccc3)nc3cc(-c4ccncc4)ccc3c12. The van der Waals surface area contributed by atoms with Gasteiger partial charge < -0.3 is 4.57 Å². The van der Waals surface area contributed by atoms with Crippen molar-refractivity contribution in [2.45, 2.75) is 13.8 Å². The van der Waals surface area contributed by atoms with Crippen LogP contribution in [0.1, 0.15) is 11.1 Å². The predicted octanol–water partition coefficient (Wildman–Crippen LogP) is 11.7. The molecule has 0 aliphatic carbocycles. The normalized spacial score (nSPS) is 11.8. The Morgan fingerprint density at radius 2 is 0.839 bits per heavy atom. The summed E-state index contributed by atoms with van der Waals surface area (Å²) in [4.78, 5) is 15.2. The maximum Gasteiger partial charge on any atom is 0.171 e. The third kappa shape index (κ3) is 5.37. The van der Waals surface area contributed by atoms with Gasteiger partial charge in [-0.1, -0.05) is 146 Å². The summed E-state index contributed by atoms with van der Waals surface area (Å²) in [5.74, 6) is 0. The zero-order valence-electron chi connectivity index (χ0n) is 31.0. The fourth-order valence-corrected chi connectivity index (χ4v) is 11.2. The van der Waals surface area contributed by atoms with Crippen LogP contribution in [0.25, 0.3) is 77.0 Å². The molecule has 56 heavy (non-hydrogen) atoms. The van der Waals surface area contributed by atoms with E-state index in [1.165, 1.54) is 5.39 Å². The van der Waals surface area contributed by atoms with Crippen molar-refractivity contribution in [2.24, 2.45) is 0 Å². The van der Waals surface area contributed by atoms with E-state index in [2.05, 4.69) is 104 Å². The molecule has 0 saturated heterocycles. The van der Waals surface area contributed by atoms with Gasteiger partial charge in [-0.3, -0.25) is 4.98 Å². The van der Waals surface area contributed by atoms with Gasteiger partial charge in [0.05, 0.1) is 22.4 Å². The van der Waals surface area contributed by atoms with Crippen molar-refractivity contribution < 1.29 is 4.57 Å². The van der Waals surface area contributed by atoms with E-state index >= 15 is 4.57 Å². The summed E-state index contributed by atoms with van der Waals surface area (Å²) in [6.07, 6.45) is 3.66. The van der Waals surface area contributed by atoms with Crippen LogP contribution in [-0.4, -0.2) is 15.0 Å². The van der Waals surface area contributed by atoms with E-state index < -0.39 is 7.14 Å². The summed E-state index contributed by atoms with van der Waals surface area (Å²) in [6.45, 7) is 4.47. The number of nitrogens with zero attached hydrogens (tertiary/aromatic N) is 3. The van der Waals surface area contributed by atoms with Crippen LogP contribution in [0.5, 0.6) is 0 Å². The number of rotatable bonds is 6. The van der Waals surface area contributed by atoms with Gasteiger partial charge in [0.15, 0.2) is 7.14 Å². The lowest BCUT2D eigenvalue weighted by Gasteiger charge is -2.23. The van der Waals surface area contributed by atoms with Gasteiger partial charge >= 0.3 is 0 Å². The zero-order chi connectivity index (χ0) is 37.8. The van der Waals surface area contributed by atoms with Crippen LogP contribution in [0.4, 0.5) is 0 Å². The standard InChI is InChI=1S/C51H36N3OP/c1-33-46-42-25-23-38(35-27-29-52-30-28-35)31-44(42)53-50(36-15-7-3-8-16-36)48(46)34(2)47-43-26-24-41(32-45(43)54-51(49(33)47)37-17-9-4-10-18-37)56(55,39-19-11-5-12-20-39)40-21-13-6-14-22-40/h3-32H,1-2H3. The monoisotopic (exact) mass is 737 g/mol. The van der Waals surface area contributed by atoms with Crippen molar-refractivity contribution in [3.8, 4) is 33.6 Å². The number of hydrogen-bond donors (Lipinski definition) is 0. The lowest BCUT2D eigenvalue weighted by atomic mass is 9.85. The topological polar surface area (TPSA) is 55.7 Å². The van der Waals surface area contributed by atoms with Gasteiger partial charge in [0, 0.05) is 61.0 Å². The molecule has 0 saturated carbocycles. The van der Waals surface area contributed by atoms with E-state index in [9.17, 15) is 0 Å². The molecule has 0 aliphatic rings. The van der Waals surface area contributed by atoms with E-state index in [0.29, 0.717) is 0 Å². The predicted molar refractivity (Wildman–Crippen MR) is 235 cm³/mol. The highest BCUT2D eigenvalue weighted by atomic mass is 31.2. The molecule has 0 amide bonds. The Labute approximate surface area is 325 Å². The lowest BCUT2D eigenvalue weighted by Crippen LogP contribution is -2.25. The van der Waals surface area contributed by atoms with Crippen LogP contribution in [0.2, 0.25) is 0 Å². The molecule has 4 nitrogen and oxygen atoms in total. The minimum atomic E-state index is -3.24. The first-order valence-corrected chi connectivity index (χ1v) is 20.6. The van der Waals surface area contributed by atoms with Crippen LogP contribution < -0.4 is 15.9 Å². The average molecular weight is 738 g/mol. The molecule has 0 unspecified atom stereocenters. The number of pyridine rings is 3. The largest absolute Gasteiger partial charge is 0.309 e. The van der Waals surface area contributed by atoms with Crippen LogP contribution >= 0.6 is 7.14 Å². The van der Waals surface area contributed by atoms with Crippen molar-refractivity contribution in [3.63, 3.8) is 0 Å². The Kier molecular flexibility index (Phi) is 8.17. The van der Waals surface area contributed by atoms with Gasteiger partial charge in [0.2, 0.25) is 0 Å². The molecule has 10 aromatic rings. The minimum absolute atomic E-state index is 0.756. The molecule has 3 aromatic heterocycles. The summed E-state index contributed by atoms with van der Waals surface area (Å²) in [5, 5.41) is 9.01. The molecule has 266 valence electrons. The molecule has 0 atom stereocenters. The second-order valence-corrected chi connectivity index (χ2v) is 17.1. The Morgan fingerprint density at radius 3 is 1.34 bits per heavy atom. The van der Waals surface area contributed by atoms with Crippen LogP contribution in [0, 0.1) is 13.8 Å². The van der Waals surface area contributed by atoms with E-state index in [4.69, 9.17) is 9.97 Å². The Morgan fingerprint density at radius 1 is 0.393 bits per heavy atom. The van der Waals surface area contributed by atoms with E-state index in [1.54, 1.807) is 0 Å². The first-order chi connectivity index (χ1) is 27.5. The molecule has 0 spiro atoms. The third-order valence-corrected chi connectivity index (χ3v) is 14.2. The van der Waals surface area contributed by atoms with Crippen molar-refractivity contribution in [1.29, 1.82) is 0 Å². The maximum atomic E-state index is 15.6. The summed E-state index contributed by atoms with van der Waals surface area (Å²) in [5.41, 5.74) is 10.2. The highest BCUT2D eigenvalue weighted by Gasteiger charge is 2.31. The summed E-state index contributed by atoms with van der Waals surface area (Å²) < 4.78 is 15.6. The molecule has 0 N–H and O–H groups in total. The average Bonchev–Trinajstić information content (AvgIpc) is 3.27. The molecule has 3 heterocycles. The first-order valence-electron chi connectivity index (χ1n) is 18.9. The number of hydrogen-bond acceptors (Lipinski definition) is 4. The number of aromatic nitrogens is 3. The van der Waals surface area contributed by atoms with Gasteiger partial charge in [0.25, 0.3) is 0 Å². The zero-order valence-corrected chi connectivity index (χ0v) is 31.9. The second kappa shape index (κ2) is 13.5. The van der Waals surface area contributed by atoms with E-state index in [1.807, 2.05) is 97.3 Å². The molecule has 10 rings (SSSR count). The van der Waals surface area contributed by atoms with E-state index in [0.717, 1.165) is 98.6 Å². The molecule has 7 aromatic carbocycles. The van der Waals surface area contributed by atoms with Crippen LogP contribution in [0.3, 0.4) is 0 Å². The summed E-state index contributed by atoms with van der Waals surface area (Å²) in [6, 6.07) is 57.6. The number of fused-ring (bicyclic) bond motifs is 6. The van der Waals surface area contributed by atoms with Gasteiger partial charge in [-0.2, -0.15) is 0 Å². The van der Waals surface area contributed by atoms with E-state index in [-0.39, 0.29) is 0 Å². The first kappa shape index (κ1) is 33.8. The number of aryl methyl sites for hydroxylation is 2. The molecule has 0 aliphatic heterocycles. The maximum absolute atomic E-state index is 15.6. The Bertz CT molecular complexity index is 3110. The highest BCUT2D eigenvalue weighted by Crippen LogP contribution is 2.47. The molecule has 5 heteroatoms. The van der Waals surface area contributed by atoms with Gasteiger partial charge in [-0.15, -0.1) is 0 Å². The summed E-state index contributed by atoms with van der Waals surface area (Å²) in [7, 11) is -3.24. The molecule has 0 radical (unpaired) electrons. The fraction of sp³-hybridized carbons (Fsp3) is 0.0392. The van der Waals surface area contributed by atoms with Gasteiger partial charge in [-0.05, 0) is 71.1 Å². The van der Waals surface area contributed by atoms with Gasteiger partial charge in [0.1, 0.15) is 0 Å². The third-order valence-electron chi connectivity index (χ3n) is 11.2.